The number of carbonyl (C=O) groups excluding carboxylic acids is 1. The summed E-state index contributed by atoms with van der Waals surface area (Å²) in [7, 11) is 1.77. The Morgan fingerprint density at radius 1 is 1.56 bits per heavy atom. The zero-order valence-electron chi connectivity index (χ0n) is 11.2. The Balaban J connectivity index is 1.90. The van der Waals surface area contributed by atoms with Crippen LogP contribution in [-0.4, -0.2) is 26.9 Å². The van der Waals surface area contributed by atoms with Gasteiger partial charge < -0.3 is 5.32 Å². The molecular weight excluding hydrogens is 228 g/mol. The largest absolute Gasteiger partial charge is 0.348 e. The molecule has 18 heavy (non-hydrogen) atoms. The second-order valence-corrected chi connectivity index (χ2v) is 5.19. The maximum atomic E-state index is 12.0. The van der Waals surface area contributed by atoms with Crippen LogP contribution in [0.4, 0.5) is 0 Å². The molecule has 0 saturated heterocycles. The summed E-state index contributed by atoms with van der Waals surface area (Å²) >= 11 is 0. The SMILES string of the molecule is CCCC[C@@H]1CCC[C@@H]1NC(=O)c1cn(C)nn1. The van der Waals surface area contributed by atoms with E-state index in [1.165, 1.54) is 32.1 Å². The third-order valence-corrected chi connectivity index (χ3v) is 3.74. The second-order valence-electron chi connectivity index (χ2n) is 5.19. The minimum atomic E-state index is -0.0866. The molecule has 0 radical (unpaired) electrons. The molecule has 1 fully saturated rings. The fourth-order valence-electron chi connectivity index (χ4n) is 2.73. The number of rotatable bonds is 5. The first-order valence-electron chi connectivity index (χ1n) is 6.88. The molecule has 1 aliphatic rings. The molecule has 1 aromatic rings. The molecule has 1 N–H and O–H groups in total. The number of hydrogen-bond acceptors (Lipinski definition) is 3. The van der Waals surface area contributed by atoms with E-state index in [0.717, 1.165) is 6.42 Å². The Kier molecular flexibility index (Phi) is 4.33. The zero-order valence-corrected chi connectivity index (χ0v) is 11.2. The molecule has 0 spiro atoms. The lowest BCUT2D eigenvalue weighted by molar-refractivity contribution is 0.0921. The van der Waals surface area contributed by atoms with Crippen LogP contribution in [0.15, 0.2) is 6.20 Å². The highest BCUT2D eigenvalue weighted by molar-refractivity contribution is 5.92. The third kappa shape index (κ3) is 3.09. The van der Waals surface area contributed by atoms with Gasteiger partial charge in [0.15, 0.2) is 5.69 Å². The van der Waals surface area contributed by atoms with Crippen molar-refractivity contribution in [3.8, 4) is 0 Å². The van der Waals surface area contributed by atoms with Gasteiger partial charge in [0.05, 0.1) is 6.20 Å². The van der Waals surface area contributed by atoms with Gasteiger partial charge in [0.1, 0.15) is 0 Å². The number of nitrogens with one attached hydrogen (secondary N) is 1. The van der Waals surface area contributed by atoms with Crippen LogP contribution in [0.1, 0.15) is 55.9 Å². The van der Waals surface area contributed by atoms with E-state index in [1.54, 1.807) is 17.9 Å². The van der Waals surface area contributed by atoms with Crippen molar-refractivity contribution in [2.75, 3.05) is 0 Å². The molecule has 1 heterocycles. The molecule has 2 rings (SSSR count). The lowest BCUT2D eigenvalue weighted by Gasteiger charge is -2.20. The van der Waals surface area contributed by atoms with Crippen molar-refractivity contribution in [3.05, 3.63) is 11.9 Å². The highest BCUT2D eigenvalue weighted by atomic mass is 16.2. The van der Waals surface area contributed by atoms with E-state index in [-0.39, 0.29) is 5.91 Å². The summed E-state index contributed by atoms with van der Waals surface area (Å²) in [5.41, 5.74) is 0.415. The molecule has 100 valence electrons. The summed E-state index contributed by atoms with van der Waals surface area (Å²) in [5.74, 6) is 0.557. The van der Waals surface area contributed by atoms with Gasteiger partial charge in [-0.1, -0.05) is 31.4 Å². The molecule has 0 unspecified atom stereocenters. The summed E-state index contributed by atoms with van der Waals surface area (Å²) in [6.45, 7) is 2.21. The minimum Gasteiger partial charge on any atom is -0.348 e. The zero-order chi connectivity index (χ0) is 13.0. The lowest BCUT2D eigenvalue weighted by Crippen LogP contribution is -2.37. The summed E-state index contributed by atoms with van der Waals surface area (Å²) in [4.78, 5) is 12.0. The summed E-state index contributed by atoms with van der Waals surface area (Å²) in [6.07, 6.45) is 8.92. The Morgan fingerprint density at radius 3 is 3.06 bits per heavy atom. The van der Waals surface area contributed by atoms with Crippen molar-refractivity contribution in [3.63, 3.8) is 0 Å². The van der Waals surface area contributed by atoms with E-state index in [1.807, 2.05) is 0 Å². The van der Waals surface area contributed by atoms with Gasteiger partial charge in [0.2, 0.25) is 0 Å². The predicted molar refractivity (Wildman–Crippen MR) is 69.1 cm³/mol. The van der Waals surface area contributed by atoms with Crippen molar-refractivity contribution in [1.82, 2.24) is 20.3 Å². The summed E-state index contributed by atoms with van der Waals surface area (Å²) in [6, 6.07) is 0.325. The van der Waals surface area contributed by atoms with Crippen LogP contribution in [0.3, 0.4) is 0 Å². The number of aromatic nitrogens is 3. The molecule has 2 atom stereocenters. The van der Waals surface area contributed by atoms with Crippen LogP contribution in [0.5, 0.6) is 0 Å². The third-order valence-electron chi connectivity index (χ3n) is 3.74. The minimum absolute atomic E-state index is 0.0866. The van der Waals surface area contributed by atoms with Crippen molar-refractivity contribution in [1.29, 1.82) is 0 Å². The normalized spacial score (nSPS) is 23.2. The van der Waals surface area contributed by atoms with Crippen molar-refractivity contribution >= 4 is 5.91 Å². The molecule has 5 heteroatoms. The molecule has 1 aromatic heterocycles. The molecule has 1 amide bonds. The first-order chi connectivity index (χ1) is 8.70. The Hall–Kier alpha value is -1.39. The monoisotopic (exact) mass is 250 g/mol. The van der Waals surface area contributed by atoms with E-state index in [9.17, 15) is 4.79 Å². The number of amides is 1. The van der Waals surface area contributed by atoms with Crippen LogP contribution in [-0.2, 0) is 7.05 Å². The average molecular weight is 250 g/mol. The Labute approximate surface area is 108 Å². The van der Waals surface area contributed by atoms with Crippen LogP contribution < -0.4 is 5.32 Å². The molecule has 1 aliphatic carbocycles. The van der Waals surface area contributed by atoms with Gasteiger partial charge in [-0.3, -0.25) is 9.48 Å². The average Bonchev–Trinajstić information content (AvgIpc) is 2.96. The standard InChI is InChI=1S/C13H22N4O/c1-3-4-6-10-7-5-8-11(10)14-13(18)12-9-17(2)16-15-12/h9-11H,3-8H2,1-2H3,(H,14,18)/t10-,11+/m1/s1. The second kappa shape index (κ2) is 5.98. The van der Waals surface area contributed by atoms with Crippen molar-refractivity contribution in [2.24, 2.45) is 13.0 Å². The number of unbranched alkanes of at least 4 members (excludes halogenated alkanes) is 1. The maximum Gasteiger partial charge on any atom is 0.273 e. The fourth-order valence-corrected chi connectivity index (χ4v) is 2.73. The van der Waals surface area contributed by atoms with Gasteiger partial charge in [0, 0.05) is 13.1 Å². The van der Waals surface area contributed by atoms with Crippen LogP contribution in [0.2, 0.25) is 0 Å². The maximum absolute atomic E-state index is 12.0. The van der Waals surface area contributed by atoms with Crippen LogP contribution in [0, 0.1) is 5.92 Å². The van der Waals surface area contributed by atoms with Crippen molar-refractivity contribution in [2.45, 2.75) is 51.5 Å². The molecule has 0 bridgehead atoms. The van der Waals surface area contributed by atoms with Gasteiger partial charge >= 0.3 is 0 Å². The number of carbonyl (C=O) groups is 1. The number of nitrogens with zero attached hydrogens (tertiary/aromatic N) is 3. The Bertz CT molecular complexity index is 401. The molecule has 5 nitrogen and oxygen atoms in total. The van der Waals surface area contributed by atoms with Gasteiger partial charge in [-0.25, -0.2) is 0 Å². The van der Waals surface area contributed by atoms with Gasteiger partial charge in [-0.2, -0.15) is 0 Å². The number of aryl methyl sites for hydroxylation is 1. The first kappa shape index (κ1) is 13.1. The van der Waals surface area contributed by atoms with E-state index in [0.29, 0.717) is 17.7 Å². The molecular formula is C13H22N4O. The summed E-state index contributed by atoms with van der Waals surface area (Å²) < 4.78 is 1.55. The van der Waals surface area contributed by atoms with E-state index >= 15 is 0 Å². The van der Waals surface area contributed by atoms with E-state index < -0.39 is 0 Å². The number of hydrogen-bond donors (Lipinski definition) is 1. The summed E-state index contributed by atoms with van der Waals surface area (Å²) in [5, 5.41) is 10.7. The van der Waals surface area contributed by atoms with E-state index in [2.05, 4.69) is 22.6 Å². The van der Waals surface area contributed by atoms with Gasteiger partial charge in [-0.15, -0.1) is 5.10 Å². The van der Waals surface area contributed by atoms with Crippen molar-refractivity contribution < 1.29 is 4.79 Å². The molecule has 0 aromatic carbocycles. The highest BCUT2D eigenvalue weighted by Crippen LogP contribution is 2.29. The Morgan fingerprint density at radius 2 is 2.39 bits per heavy atom. The predicted octanol–water partition coefficient (Wildman–Crippen LogP) is 1.90. The van der Waals surface area contributed by atoms with Gasteiger partial charge in [0.25, 0.3) is 5.91 Å². The fraction of sp³-hybridized carbons (Fsp3) is 0.769. The van der Waals surface area contributed by atoms with Gasteiger partial charge in [-0.05, 0) is 25.2 Å². The smallest absolute Gasteiger partial charge is 0.273 e. The van der Waals surface area contributed by atoms with Crippen LogP contribution in [0.25, 0.3) is 0 Å². The quantitative estimate of drug-likeness (QED) is 0.868. The first-order valence-corrected chi connectivity index (χ1v) is 6.88. The molecule has 1 saturated carbocycles. The molecule has 0 aliphatic heterocycles. The topological polar surface area (TPSA) is 59.8 Å². The van der Waals surface area contributed by atoms with E-state index in [4.69, 9.17) is 0 Å². The highest BCUT2D eigenvalue weighted by Gasteiger charge is 2.28. The van der Waals surface area contributed by atoms with Crippen LogP contribution >= 0.6 is 0 Å². The lowest BCUT2D eigenvalue weighted by atomic mass is 9.97.